The molecule has 0 bridgehead atoms. The summed E-state index contributed by atoms with van der Waals surface area (Å²) in [5.41, 5.74) is 10.1. The van der Waals surface area contributed by atoms with Gasteiger partial charge in [-0.2, -0.15) is 0 Å². The van der Waals surface area contributed by atoms with E-state index in [1.807, 2.05) is 50.2 Å². The number of aryl methyl sites for hydroxylation is 1. The number of halogens is 1. The van der Waals surface area contributed by atoms with E-state index in [0.29, 0.717) is 33.5 Å². The fourth-order valence-corrected chi connectivity index (χ4v) is 3.53. The second-order valence-electron chi connectivity index (χ2n) is 7.17. The molecule has 0 aliphatic carbocycles. The van der Waals surface area contributed by atoms with Crippen LogP contribution in [0.2, 0.25) is 5.15 Å². The fraction of sp³-hybridized carbons (Fsp3) is 0.130. The number of nitrogens with two attached hydrogens (primary N) is 1. The van der Waals surface area contributed by atoms with Gasteiger partial charge in [-0.1, -0.05) is 41.9 Å². The fourth-order valence-electron chi connectivity index (χ4n) is 3.27. The van der Waals surface area contributed by atoms with Gasteiger partial charge in [-0.05, 0) is 32.0 Å². The number of anilines is 1. The van der Waals surface area contributed by atoms with Crippen molar-refractivity contribution in [2.75, 3.05) is 5.73 Å². The van der Waals surface area contributed by atoms with Gasteiger partial charge in [0.2, 0.25) is 0 Å². The van der Waals surface area contributed by atoms with Crippen LogP contribution in [0, 0.1) is 6.92 Å². The van der Waals surface area contributed by atoms with Crippen LogP contribution in [0.3, 0.4) is 0 Å². The molecular formula is C23H20ClN7O. The largest absolute Gasteiger partial charge is 0.382 e. The van der Waals surface area contributed by atoms with Gasteiger partial charge in [0.25, 0.3) is 5.91 Å². The summed E-state index contributed by atoms with van der Waals surface area (Å²) in [6.07, 6.45) is 3.04. The third-order valence-corrected chi connectivity index (χ3v) is 4.97. The van der Waals surface area contributed by atoms with Crippen molar-refractivity contribution in [3.63, 3.8) is 0 Å². The van der Waals surface area contributed by atoms with Gasteiger partial charge in [-0.3, -0.25) is 4.79 Å². The van der Waals surface area contributed by atoms with Gasteiger partial charge in [0.15, 0.2) is 11.5 Å². The highest BCUT2D eigenvalue weighted by molar-refractivity contribution is 6.29. The second-order valence-corrected chi connectivity index (χ2v) is 7.56. The molecule has 8 nitrogen and oxygen atoms in total. The lowest BCUT2D eigenvalue weighted by atomic mass is 10.0. The molecule has 4 rings (SSSR count). The van der Waals surface area contributed by atoms with Crippen LogP contribution in [0.4, 0.5) is 5.82 Å². The van der Waals surface area contributed by atoms with Crippen LogP contribution in [0.5, 0.6) is 0 Å². The third kappa shape index (κ3) is 4.55. The highest BCUT2D eigenvalue weighted by atomic mass is 35.5. The molecule has 160 valence electrons. The summed E-state index contributed by atoms with van der Waals surface area (Å²) in [6.45, 7) is 3.65. The van der Waals surface area contributed by atoms with Crippen molar-refractivity contribution in [3.8, 4) is 22.5 Å². The molecule has 0 fully saturated rings. The summed E-state index contributed by atoms with van der Waals surface area (Å²) >= 11 is 6.19. The molecule has 3 aromatic heterocycles. The summed E-state index contributed by atoms with van der Waals surface area (Å²) in [6, 6.07) is 14.4. The zero-order valence-corrected chi connectivity index (χ0v) is 18.2. The number of rotatable bonds is 5. The second kappa shape index (κ2) is 9.07. The molecule has 1 amide bonds. The SMILES string of the molecule is Cc1cc(-c2nc(C(=O)NC(C)c3ccncn3)c(N)nc2-c2ccccc2)cc(Cl)n1. The Bertz CT molecular complexity index is 1250. The topological polar surface area (TPSA) is 120 Å². The molecule has 0 aliphatic rings. The molecule has 32 heavy (non-hydrogen) atoms. The first-order valence-electron chi connectivity index (χ1n) is 9.86. The van der Waals surface area contributed by atoms with Crippen LogP contribution in [-0.2, 0) is 0 Å². The van der Waals surface area contributed by atoms with Gasteiger partial charge >= 0.3 is 0 Å². The van der Waals surface area contributed by atoms with Crippen LogP contribution in [-0.4, -0.2) is 30.8 Å². The number of nitrogens with one attached hydrogen (secondary N) is 1. The smallest absolute Gasteiger partial charge is 0.274 e. The first-order chi connectivity index (χ1) is 15.4. The molecular weight excluding hydrogens is 426 g/mol. The number of hydrogen-bond donors (Lipinski definition) is 2. The van der Waals surface area contributed by atoms with Crippen molar-refractivity contribution in [1.82, 2.24) is 30.2 Å². The van der Waals surface area contributed by atoms with Gasteiger partial charge in [0.1, 0.15) is 11.5 Å². The Labute approximate surface area is 190 Å². The Balaban J connectivity index is 1.80. The summed E-state index contributed by atoms with van der Waals surface area (Å²) in [4.78, 5) is 34.5. The highest BCUT2D eigenvalue weighted by Gasteiger charge is 2.22. The number of pyridine rings is 1. The van der Waals surface area contributed by atoms with E-state index in [9.17, 15) is 4.79 Å². The summed E-state index contributed by atoms with van der Waals surface area (Å²) < 4.78 is 0. The molecule has 3 heterocycles. The predicted octanol–water partition coefficient (Wildman–Crippen LogP) is 4.03. The quantitative estimate of drug-likeness (QED) is 0.445. The van der Waals surface area contributed by atoms with Crippen molar-refractivity contribution in [2.24, 2.45) is 0 Å². The van der Waals surface area contributed by atoms with Crippen LogP contribution < -0.4 is 11.1 Å². The van der Waals surface area contributed by atoms with Crippen LogP contribution in [0.25, 0.3) is 22.5 Å². The van der Waals surface area contributed by atoms with E-state index in [4.69, 9.17) is 17.3 Å². The van der Waals surface area contributed by atoms with Crippen LogP contribution in [0.1, 0.15) is 34.8 Å². The number of amides is 1. The minimum atomic E-state index is -0.459. The number of nitrogens with zero attached hydrogens (tertiary/aromatic N) is 5. The van der Waals surface area contributed by atoms with E-state index in [1.165, 1.54) is 6.33 Å². The maximum Gasteiger partial charge on any atom is 0.274 e. The maximum absolute atomic E-state index is 13.0. The minimum absolute atomic E-state index is 0.0196. The van der Waals surface area contributed by atoms with Gasteiger partial charge in [0.05, 0.1) is 23.1 Å². The Morgan fingerprint density at radius 2 is 1.78 bits per heavy atom. The van der Waals surface area contributed by atoms with Crippen LogP contribution >= 0.6 is 11.6 Å². The lowest BCUT2D eigenvalue weighted by molar-refractivity contribution is 0.0935. The average molecular weight is 446 g/mol. The zero-order chi connectivity index (χ0) is 22.7. The molecule has 0 radical (unpaired) electrons. The van der Waals surface area contributed by atoms with Crippen LogP contribution in [0.15, 0.2) is 61.1 Å². The van der Waals surface area contributed by atoms with Gasteiger partial charge in [-0.15, -0.1) is 0 Å². The summed E-state index contributed by atoms with van der Waals surface area (Å²) in [7, 11) is 0. The first-order valence-corrected chi connectivity index (χ1v) is 10.2. The number of nitrogen functional groups attached to an aromatic ring is 1. The highest BCUT2D eigenvalue weighted by Crippen LogP contribution is 2.32. The molecule has 0 saturated carbocycles. The van der Waals surface area contributed by atoms with E-state index in [0.717, 1.165) is 5.56 Å². The molecule has 0 spiro atoms. The van der Waals surface area contributed by atoms with E-state index in [1.54, 1.807) is 18.3 Å². The van der Waals surface area contributed by atoms with Crippen molar-refractivity contribution in [1.29, 1.82) is 0 Å². The van der Waals surface area contributed by atoms with E-state index in [2.05, 4.69) is 30.2 Å². The van der Waals surface area contributed by atoms with E-state index in [-0.39, 0.29) is 17.6 Å². The molecule has 1 unspecified atom stereocenters. The number of carbonyl (C=O) groups excluding carboxylic acids is 1. The monoisotopic (exact) mass is 445 g/mol. The Hall–Kier alpha value is -3.91. The summed E-state index contributed by atoms with van der Waals surface area (Å²) in [5.74, 6) is -0.435. The zero-order valence-electron chi connectivity index (χ0n) is 17.5. The average Bonchev–Trinajstić information content (AvgIpc) is 2.79. The molecule has 3 N–H and O–H groups in total. The normalized spacial score (nSPS) is 11.7. The van der Waals surface area contributed by atoms with Crippen molar-refractivity contribution >= 4 is 23.3 Å². The van der Waals surface area contributed by atoms with E-state index >= 15 is 0 Å². The number of hydrogen-bond acceptors (Lipinski definition) is 7. The molecule has 4 aromatic rings. The molecule has 9 heteroatoms. The van der Waals surface area contributed by atoms with E-state index < -0.39 is 5.91 Å². The molecule has 1 aromatic carbocycles. The lowest BCUT2D eigenvalue weighted by Gasteiger charge is -2.16. The summed E-state index contributed by atoms with van der Waals surface area (Å²) in [5, 5.41) is 3.18. The van der Waals surface area contributed by atoms with Gasteiger partial charge in [0, 0.05) is 23.0 Å². The standard InChI is InChI=1S/C23H20ClN7O/c1-13-10-16(11-18(24)28-13)20-19(15-6-4-3-5-7-15)31-22(25)21(30-20)23(32)29-14(2)17-8-9-26-12-27-17/h3-12,14H,1-2H3,(H2,25,31)(H,29,32). The lowest BCUT2D eigenvalue weighted by Crippen LogP contribution is -2.29. The van der Waals surface area contributed by atoms with Crippen molar-refractivity contribution < 1.29 is 4.79 Å². The Morgan fingerprint density at radius 3 is 2.47 bits per heavy atom. The molecule has 0 aliphatic heterocycles. The number of benzene rings is 1. The molecule has 1 atom stereocenters. The van der Waals surface area contributed by atoms with Gasteiger partial charge in [-0.25, -0.2) is 24.9 Å². The molecule has 0 saturated heterocycles. The minimum Gasteiger partial charge on any atom is -0.382 e. The first kappa shape index (κ1) is 21.3. The third-order valence-electron chi connectivity index (χ3n) is 4.78. The Kier molecular flexibility index (Phi) is 6.04. The Morgan fingerprint density at radius 1 is 1.03 bits per heavy atom. The van der Waals surface area contributed by atoms with Crippen molar-refractivity contribution in [3.05, 3.63) is 83.3 Å². The number of carbonyl (C=O) groups is 1. The maximum atomic E-state index is 13.0. The van der Waals surface area contributed by atoms with Crippen molar-refractivity contribution in [2.45, 2.75) is 19.9 Å². The number of aromatic nitrogens is 5. The van der Waals surface area contributed by atoms with Gasteiger partial charge < -0.3 is 11.1 Å². The predicted molar refractivity (Wildman–Crippen MR) is 123 cm³/mol.